The van der Waals surface area contributed by atoms with Gasteiger partial charge in [-0.25, -0.2) is 4.98 Å². The van der Waals surface area contributed by atoms with Crippen molar-refractivity contribution in [2.24, 2.45) is 0 Å². The van der Waals surface area contributed by atoms with Crippen molar-refractivity contribution in [3.05, 3.63) is 188 Å². The second kappa shape index (κ2) is 11.6. The number of rotatable bonds is 3. The predicted molar refractivity (Wildman–Crippen MR) is 233 cm³/mol. The molecule has 2 heterocycles. The predicted octanol–water partition coefficient (Wildman–Crippen LogP) is 14.9. The van der Waals surface area contributed by atoms with Gasteiger partial charge in [-0.3, -0.25) is 0 Å². The van der Waals surface area contributed by atoms with E-state index in [4.69, 9.17) is 9.40 Å². The number of benzene rings is 10. The summed E-state index contributed by atoms with van der Waals surface area (Å²) in [5.74, 6) is 0. The number of fused-ring (bicyclic) bond motifs is 13. The van der Waals surface area contributed by atoms with Gasteiger partial charge in [-0.15, -0.1) is 0 Å². The molecule has 2 aromatic heterocycles. The summed E-state index contributed by atoms with van der Waals surface area (Å²) in [5, 5.41) is 15.4. The Hall–Kier alpha value is -7.29. The molecule has 12 aromatic rings. The van der Waals surface area contributed by atoms with Crippen LogP contribution in [0.1, 0.15) is 0 Å². The Morgan fingerprint density at radius 1 is 0.327 bits per heavy atom. The summed E-state index contributed by atoms with van der Waals surface area (Å²) in [7, 11) is 0. The van der Waals surface area contributed by atoms with Crippen LogP contribution >= 0.6 is 0 Å². The second-order valence-corrected chi connectivity index (χ2v) is 14.6. The summed E-state index contributed by atoms with van der Waals surface area (Å²) in [5.41, 5.74) is 9.49. The first-order valence-corrected chi connectivity index (χ1v) is 18.9. The fraction of sp³-hybridized carbons (Fsp3) is 0. The van der Waals surface area contributed by atoms with Gasteiger partial charge in [-0.05, 0) is 84.7 Å². The van der Waals surface area contributed by atoms with Crippen LogP contribution in [0.3, 0.4) is 0 Å². The standard InChI is InChI=1S/C53H31NO/c1-2-14-33(15-3-1)51-47-31-44(41-23-10-11-24-42(41)49(47)43-26-25-32-13-6-9-22-40(32)52(43)54-51)36-19-12-20-37(27-36)45-29-38-18-7-8-21-39(38)50-46-28-34-16-4-5-17-35(34)30-48(46)55-53(45)50/h1-31H. The lowest BCUT2D eigenvalue weighted by molar-refractivity contribution is 0.671. The Bertz CT molecular complexity index is 3540. The van der Waals surface area contributed by atoms with E-state index in [0.717, 1.165) is 60.8 Å². The van der Waals surface area contributed by atoms with Crippen LogP contribution in [0.25, 0.3) is 120 Å². The summed E-state index contributed by atoms with van der Waals surface area (Å²) in [6.07, 6.45) is 0. The maximum absolute atomic E-state index is 6.86. The molecule has 55 heavy (non-hydrogen) atoms. The Kier molecular flexibility index (Phi) is 6.37. The maximum Gasteiger partial charge on any atom is 0.143 e. The molecule has 0 saturated carbocycles. The van der Waals surface area contributed by atoms with Crippen LogP contribution in [-0.2, 0) is 0 Å². The molecule has 254 valence electrons. The number of aromatic nitrogens is 1. The molecule has 12 rings (SSSR count). The van der Waals surface area contributed by atoms with E-state index in [1.54, 1.807) is 0 Å². The van der Waals surface area contributed by atoms with E-state index in [2.05, 4.69) is 188 Å². The monoisotopic (exact) mass is 697 g/mol. The molecule has 10 aromatic carbocycles. The zero-order chi connectivity index (χ0) is 36.0. The molecule has 0 spiro atoms. The first-order valence-electron chi connectivity index (χ1n) is 18.9. The Labute approximate surface area is 316 Å². The second-order valence-electron chi connectivity index (χ2n) is 14.6. The Morgan fingerprint density at radius 3 is 1.78 bits per heavy atom. The molecular formula is C53H31NO. The average molecular weight is 698 g/mol. The third-order valence-corrected chi connectivity index (χ3v) is 11.6. The van der Waals surface area contributed by atoms with Crippen LogP contribution in [-0.4, -0.2) is 4.98 Å². The van der Waals surface area contributed by atoms with Crippen LogP contribution in [0.15, 0.2) is 192 Å². The lowest BCUT2D eigenvalue weighted by Crippen LogP contribution is -1.94. The summed E-state index contributed by atoms with van der Waals surface area (Å²) < 4.78 is 6.86. The van der Waals surface area contributed by atoms with Crippen LogP contribution < -0.4 is 0 Å². The van der Waals surface area contributed by atoms with Crippen molar-refractivity contribution in [2.75, 3.05) is 0 Å². The minimum Gasteiger partial charge on any atom is -0.455 e. The van der Waals surface area contributed by atoms with Gasteiger partial charge in [-0.1, -0.05) is 158 Å². The van der Waals surface area contributed by atoms with Gasteiger partial charge in [-0.2, -0.15) is 0 Å². The number of furan rings is 1. The highest BCUT2D eigenvalue weighted by molar-refractivity contribution is 6.28. The molecule has 0 N–H and O–H groups in total. The van der Waals surface area contributed by atoms with Crippen molar-refractivity contribution in [1.29, 1.82) is 0 Å². The number of pyridine rings is 1. The average Bonchev–Trinajstić information content (AvgIpc) is 3.63. The van der Waals surface area contributed by atoms with E-state index in [0.29, 0.717) is 0 Å². The molecule has 0 amide bonds. The molecule has 0 aliphatic heterocycles. The van der Waals surface area contributed by atoms with Crippen molar-refractivity contribution in [3.63, 3.8) is 0 Å². The quantitative estimate of drug-likeness (QED) is 0.172. The molecule has 0 atom stereocenters. The van der Waals surface area contributed by atoms with Gasteiger partial charge in [0, 0.05) is 43.4 Å². The molecule has 0 radical (unpaired) electrons. The summed E-state index contributed by atoms with van der Waals surface area (Å²) in [6.45, 7) is 0. The normalized spacial score (nSPS) is 12.0. The summed E-state index contributed by atoms with van der Waals surface area (Å²) >= 11 is 0. The SMILES string of the molecule is c1ccc(-c2nc3c4ccccc4ccc3c3c2cc(-c2cccc(-c4cc5ccccc5c5c4oc4cc6ccccc6cc45)c2)c2ccccc23)cc1. The van der Waals surface area contributed by atoms with Crippen molar-refractivity contribution < 1.29 is 4.42 Å². The fourth-order valence-corrected chi connectivity index (χ4v) is 9.04. The third-order valence-electron chi connectivity index (χ3n) is 11.6. The van der Waals surface area contributed by atoms with Crippen molar-refractivity contribution >= 4 is 86.7 Å². The summed E-state index contributed by atoms with van der Waals surface area (Å²) in [6, 6.07) is 67.9. The first kappa shape index (κ1) is 30.2. The number of hydrogen-bond donors (Lipinski definition) is 0. The zero-order valence-electron chi connectivity index (χ0n) is 29.8. The number of nitrogens with zero attached hydrogens (tertiary/aromatic N) is 1. The van der Waals surface area contributed by atoms with E-state index in [1.165, 1.54) is 59.4 Å². The van der Waals surface area contributed by atoms with E-state index in [9.17, 15) is 0 Å². The largest absolute Gasteiger partial charge is 0.455 e. The van der Waals surface area contributed by atoms with E-state index in [-0.39, 0.29) is 0 Å². The van der Waals surface area contributed by atoms with E-state index in [1.807, 2.05) is 0 Å². The van der Waals surface area contributed by atoms with Gasteiger partial charge >= 0.3 is 0 Å². The van der Waals surface area contributed by atoms with Crippen LogP contribution in [0.4, 0.5) is 0 Å². The minimum absolute atomic E-state index is 0.906. The van der Waals surface area contributed by atoms with Crippen LogP contribution in [0.2, 0.25) is 0 Å². The minimum atomic E-state index is 0.906. The smallest absolute Gasteiger partial charge is 0.143 e. The molecule has 0 unspecified atom stereocenters. The van der Waals surface area contributed by atoms with Gasteiger partial charge < -0.3 is 4.42 Å². The molecule has 0 fully saturated rings. The molecule has 0 saturated heterocycles. The van der Waals surface area contributed by atoms with Gasteiger partial charge in [0.05, 0.1) is 11.2 Å². The molecule has 2 heteroatoms. The third kappa shape index (κ3) is 4.52. The molecular weight excluding hydrogens is 667 g/mol. The van der Waals surface area contributed by atoms with Crippen LogP contribution in [0, 0.1) is 0 Å². The van der Waals surface area contributed by atoms with E-state index >= 15 is 0 Å². The highest BCUT2D eigenvalue weighted by Crippen LogP contribution is 2.45. The number of hydrogen-bond acceptors (Lipinski definition) is 2. The molecule has 0 aliphatic carbocycles. The first-order chi connectivity index (χ1) is 27.3. The fourth-order valence-electron chi connectivity index (χ4n) is 9.04. The van der Waals surface area contributed by atoms with Crippen molar-refractivity contribution in [2.45, 2.75) is 0 Å². The topological polar surface area (TPSA) is 26.0 Å². The van der Waals surface area contributed by atoms with Crippen molar-refractivity contribution in [3.8, 4) is 33.5 Å². The lowest BCUT2D eigenvalue weighted by atomic mass is 9.88. The van der Waals surface area contributed by atoms with Crippen LogP contribution in [0.5, 0.6) is 0 Å². The highest BCUT2D eigenvalue weighted by Gasteiger charge is 2.20. The Balaban J connectivity index is 1.15. The highest BCUT2D eigenvalue weighted by atomic mass is 16.3. The molecule has 2 nitrogen and oxygen atoms in total. The molecule has 0 aliphatic rings. The van der Waals surface area contributed by atoms with Gasteiger partial charge in [0.1, 0.15) is 11.2 Å². The van der Waals surface area contributed by atoms with Crippen molar-refractivity contribution in [1.82, 2.24) is 4.98 Å². The molecule has 0 bridgehead atoms. The van der Waals surface area contributed by atoms with Gasteiger partial charge in [0.2, 0.25) is 0 Å². The van der Waals surface area contributed by atoms with E-state index < -0.39 is 0 Å². The summed E-state index contributed by atoms with van der Waals surface area (Å²) in [4.78, 5) is 5.50. The zero-order valence-corrected chi connectivity index (χ0v) is 29.8. The maximum atomic E-state index is 6.86. The lowest BCUT2D eigenvalue weighted by Gasteiger charge is -2.17. The van der Waals surface area contributed by atoms with Gasteiger partial charge in [0.15, 0.2) is 0 Å². The van der Waals surface area contributed by atoms with Gasteiger partial charge in [0.25, 0.3) is 0 Å². The Morgan fingerprint density at radius 2 is 0.964 bits per heavy atom.